The fourth-order valence-corrected chi connectivity index (χ4v) is 5.00. The summed E-state index contributed by atoms with van der Waals surface area (Å²) in [4.78, 5) is 42.8. The maximum absolute atomic E-state index is 13.2. The van der Waals surface area contributed by atoms with Crippen LogP contribution in [-0.2, 0) is 15.1 Å². The van der Waals surface area contributed by atoms with E-state index in [2.05, 4.69) is 12.2 Å². The fourth-order valence-electron chi connectivity index (χ4n) is 3.89. The summed E-state index contributed by atoms with van der Waals surface area (Å²) in [6.07, 6.45) is 0.840. The van der Waals surface area contributed by atoms with Crippen LogP contribution >= 0.6 is 11.8 Å². The number of carbonyl (C=O) groups excluding carboxylic acids is 3. The number of aryl methyl sites for hydroxylation is 1. The number of imide groups is 1. The molecule has 30 heavy (non-hydrogen) atoms. The highest BCUT2D eigenvalue weighted by Gasteiger charge is 2.49. The molecule has 0 aliphatic carbocycles. The van der Waals surface area contributed by atoms with Crippen LogP contribution < -0.4 is 10.2 Å². The molecule has 6 nitrogen and oxygen atoms in total. The third-order valence-electron chi connectivity index (χ3n) is 5.74. The van der Waals surface area contributed by atoms with Gasteiger partial charge in [-0.1, -0.05) is 48.9 Å². The minimum Gasteiger partial charge on any atom is -0.319 e. The number of hydrogen-bond acceptors (Lipinski definition) is 4. The number of urea groups is 1. The van der Waals surface area contributed by atoms with Gasteiger partial charge in [0.2, 0.25) is 5.91 Å². The van der Waals surface area contributed by atoms with E-state index in [4.69, 9.17) is 0 Å². The molecule has 0 radical (unpaired) electrons. The molecule has 156 valence electrons. The maximum atomic E-state index is 13.2. The van der Waals surface area contributed by atoms with E-state index in [9.17, 15) is 14.4 Å². The molecule has 4 amide bonds. The normalized spacial score (nSPS) is 23.8. The van der Waals surface area contributed by atoms with Gasteiger partial charge in [-0.3, -0.25) is 14.5 Å². The molecule has 2 aromatic carbocycles. The lowest BCUT2D eigenvalue weighted by molar-refractivity contribution is -0.134. The summed E-state index contributed by atoms with van der Waals surface area (Å²) in [5.74, 6) is -0.663. The van der Waals surface area contributed by atoms with E-state index in [1.165, 1.54) is 0 Å². The van der Waals surface area contributed by atoms with Gasteiger partial charge in [-0.15, -0.1) is 11.8 Å². The van der Waals surface area contributed by atoms with Crippen molar-refractivity contribution in [2.45, 2.75) is 42.9 Å². The first kappa shape index (κ1) is 20.5. The van der Waals surface area contributed by atoms with Gasteiger partial charge >= 0.3 is 6.03 Å². The Kier molecular flexibility index (Phi) is 5.32. The number of anilines is 1. The first-order chi connectivity index (χ1) is 14.3. The number of benzene rings is 2. The summed E-state index contributed by atoms with van der Waals surface area (Å²) in [6.45, 7) is 6.06. The van der Waals surface area contributed by atoms with Gasteiger partial charge in [0.15, 0.2) is 0 Å². The molecule has 2 aliphatic heterocycles. The van der Waals surface area contributed by atoms with E-state index in [1.807, 2.05) is 55.5 Å². The number of para-hydroxylation sites is 1. The van der Waals surface area contributed by atoms with Gasteiger partial charge in [0, 0.05) is 16.7 Å². The minimum absolute atomic E-state index is 0.256. The molecule has 4 rings (SSSR count). The molecule has 2 aliphatic rings. The zero-order valence-corrected chi connectivity index (χ0v) is 18.2. The molecular formula is C23H25N3O3S. The largest absolute Gasteiger partial charge is 0.325 e. The summed E-state index contributed by atoms with van der Waals surface area (Å²) < 4.78 is 0. The molecule has 7 heteroatoms. The number of nitrogens with zero attached hydrogens (tertiary/aromatic N) is 2. The van der Waals surface area contributed by atoms with E-state index in [0.29, 0.717) is 17.4 Å². The highest BCUT2D eigenvalue weighted by atomic mass is 32.2. The Labute approximate surface area is 180 Å². The van der Waals surface area contributed by atoms with Crippen molar-refractivity contribution in [3.63, 3.8) is 0 Å². The lowest BCUT2D eigenvalue weighted by Gasteiger charge is -2.25. The van der Waals surface area contributed by atoms with E-state index in [1.54, 1.807) is 23.6 Å². The molecule has 0 saturated carbocycles. The third kappa shape index (κ3) is 3.58. The van der Waals surface area contributed by atoms with Gasteiger partial charge < -0.3 is 10.2 Å². The lowest BCUT2D eigenvalue weighted by atomic mass is 9.91. The Bertz CT molecular complexity index is 1010. The molecular weight excluding hydrogens is 398 g/mol. The van der Waals surface area contributed by atoms with Crippen LogP contribution in [-0.4, -0.2) is 41.1 Å². The zero-order valence-electron chi connectivity index (χ0n) is 17.3. The van der Waals surface area contributed by atoms with E-state index in [-0.39, 0.29) is 12.5 Å². The number of fused-ring (bicyclic) bond motifs is 1. The SMILES string of the molecule is Cc1ccc([C@]2(C)NC(=O)N(CC(=O)N3CC[C@@H](C)Sc4ccccc43)C2=O)cc1. The van der Waals surface area contributed by atoms with Crippen molar-refractivity contribution in [1.29, 1.82) is 0 Å². The molecule has 0 spiro atoms. The predicted molar refractivity (Wildman–Crippen MR) is 118 cm³/mol. The molecule has 2 heterocycles. The molecule has 1 saturated heterocycles. The number of nitrogens with one attached hydrogen (secondary N) is 1. The van der Waals surface area contributed by atoms with Crippen LogP contribution in [0.1, 0.15) is 31.4 Å². The summed E-state index contributed by atoms with van der Waals surface area (Å²) >= 11 is 1.74. The lowest BCUT2D eigenvalue weighted by Crippen LogP contribution is -2.45. The first-order valence-electron chi connectivity index (χ1n) is 10.1. The van der Waals surface area contributed by atoms with Crippen LogP contribution in [0.5, 0.6) is 0 Å². The average Bonchev–Trinajstić information content (AvgIpc) is 2.85. The van der Waals surface area contributed by atoms with Crippen LogP contribution in [0.25, 0.3) is 0 Å². The fraction of sp³-hybridized carbons (Fsp3) is 0.348. The van der Waals surface area contributed by atoms with Crippen LogP contribution in [0, 0.1) is 6.92 Å². The Morgan fingerprint density at radius 2 is 1.87 bits per heavy atom. The van der Waals surface area contributed by atoms with Crippen LogP contribution in [0.4, 0.5) is 10.5 Å². The number of hydrogen-bond donors (Lipinski definition) is 1. The monoisotopic (exact) mass is 423 g/mol. The predicted octanol–water partition coefficient (Wildman–Crippen LogP) is 3.68. The smallest absolute Gasteiger partial charge is 0.319 e. The Balaban J connectivity index is 1.57. The zero-order chi connectivity index (χ0) is 21.5. The molecule has 0 aromatic heterocycles. The second kappa shape index (κ2) is 7.80. The van der Waals surface area contributed by atoms with Gasteiger partial charge in [0.1, 0.15) is 12.1 Å². The van der Waals surface area contributed by atoms with Crippen LogP contribution in [0.2, 0.25) is 0 Å². The van der Waals surface area contributed by atoms with Crippen molar-refractivity contribution < 1.29 is 14.4 Å². The molecule has 2 aromatic rings. The number of thioether (sulfide) groups is 1. The van der Waals surface area contributed by atoms with Crippen LogP contribution in [0.3, 0.4) is 0 Å². The molecule has 0 unspecified atom stereocenters. The van der Waals surface area contributed by atoms with Gasteiger partial charge in [-0.2, -0.15) is 0 Å². The molecule has 1 fully saturated rings. The van der Waals surface area contributed by atoms with Gasteiger partial charge in [0.25, 0.3) is 5.91 Å². The second-order valence-electron chi connectivity index (χ2n) is 8.04. The van der Waals surface area contributed by atoms with Crippen molar-refractivity contribution in [2.24, 2.45) is 0 Å². The van der Waals surface area contributed by atoms with E-state index < -0.39 is 17.5 Å². The minimum atomic E-state index is -1.17. The van der Waals surface area contributed by atoms with Crippen molar-refractivity contribution >= 4 is 35.3 Å². The summed E-state index contributed by atoms with van der Waals surface area (Å²) in [6, 6.07) is 14.7. The number of amides is 4. The quantitative estimate of drug-likeness (QED) is 0.765. The van der Waals surface area contributed by atoms with Crippen molar-refractivity contribution in [3.05, 3.63) is 59.7 Å². The van der Waals surface area contributed by atoms with Gasteiger partial charge in [-0.05, 0) is 38.0 Å². The Hall–Kier alpha value is -2.80. The van der Waals surface area contributed by atoms with Gasteiger partial charge in [-0.25, -0.2) is 4.79 Å². The summed E-state index contributed by atoms with van der Waals surface area (Å²) in [5, 5.41) is 3.16. The average molecular weight is 424 g/mol. The highest BCUT2D eigenvalue weighted by molar-refractivity contribution is 8.00. The van der Waals surface area contributed by atoms with Crippen LogP contribution in [0.15, 0.2) is 53.4 Å². The topological polar surface area (TPSA) is 69.7 Å². The summed E-state index contributed by atoms with van der Waals surface area (Å²) in [5.41, 5.74) is 1.43. The molecule has 0 bridgehead atoms. The Morgan fingerprint density at radius 1 is 1.17 bits per heavy atom. The molecule has 1 N–H and O–H groups in total. The van der Waals surface area contributed by atoms with Crippen molar-refractivity contribution in [2.75, 3.05) is 18.0 Å². The number of rotatable bonds is 3. The van der Waals surface area contributed by atoms with Gasteiger partial charge in [0.05, 0.1) is 5.69 Å². The summed E-state index contributed by atoms with van der Waals surface area (Å²) in [7, 11) is 0. The van der Waals surface area contributed by atoms with E-state index >= 15 is 0 Å². The Morgan fingerprint density at radius 3 is 2.60 bits per heavy atom. The third-order valence-corrected chi connectivity index (χ3v) is 6.98. The first-order valence-corrected chi connectivity index (χ1v) is 10.9. The molecule has 2 atom stereocenters. The van der Waals surface area contributed by atoms with Crippen molar-refractivity contribution in [1.82, 2.24) is 10.2 Å². The maximum Gasteiger partial charge on any atom is 0.325 e. The van der Waals surface area contributed by atoms with E-state index in [0.717, 1.165) is 27.5 Å². The standard InChI is InChI=1S/C23H25N3O3S/c1-15-8-10-17(11-9-15)23(3)21(28)26(22(29)24-23)14-20(27)25-13-12-16(2)30-19-7-5-4-6-18(19)25/h4-11,16H,12-14H2,1-3H3,(H,24,29)/t16-,23+/m1/s1. The van der Waals surface area contributed by atoms with Crippen molar-refractivity contribution in [3.8, 4) is 0 Å². The highest BCUT2D eigenvalue weighted by Crippen LogP contribution is 2.37. The second-order valence-corrected chi connectivity index (χ2v) is 9.52. The number of carbonyl (C=O) groups is 3.